The van der Waals surface area contributed by atoms with Gasteiger partial charge in [-0.1, -0.05) is 18.7 Å². The average molecular weight is 488 g/mol. The number of anilines is 2. The monoisotopic (exact) mass is 487 g/mol. The van der Waals surface area contributed by atoms with Crippen LogP contribution in [0.25, 0.3) is 11.1 Å². The summed E-state index contributed by atoms with van der Waals surface area (Å²) < 4.78 is 6.28. The molecule has 2 aromatic rings. The summed E-state index contributed by atoms with van der Waals surface area (Å²) in [5.74, 6) is 1.06. The molecule has 7 heteroatoms. The van der Waals surface area contributed by atoms with Crippen molar-refractivity contribution < 1.29 is 9.53 Å². The van der Waals surface area contributed by atoms with Crippen molar-refractivity contribution in [3.8, 4) is 11.1 Å². The molecule has 1 aromatic heterocycles. The van der Waals surface area contributed by atoms with Crippen LogP contribution in [0.3, 0.4) is 0 Å². The molecule has 0 unspecified atom stereocenters. The van der Waals surface area contributed by atoms with Gasteiger partial charge in [-0.15, -0.1) is 0 Å². The van der Waals surface area contributed by atoms with E-state index in [-0.39, 0.29) is 16.9 Å². The molecule has 3 aliphatic heterocycles. The number of aromatic nitrogens is 1. The summed E-state index contributed by atoms with van der Waals surface area (Å²) in [6.07, 6.45) is 4.63. The predicted octanol–water partition coefficient (Wildman–Crippen LogP) is 4.48. The second kappa shape index (κ2) is 8.73. The van der Waals surface area contributed by atoms with Crippen LogP contribution in [-0.2, 0) is 22.6 Å². The standard InChI is InChI=1S/C29H37N5O2/c1-7-23(35)34-16-29(17-34)10-11-33(15-29)27-19(3)25(21-14-36-28(4,5)12-22(21)32-27)24-18(2)8-9-20(13-30)26(24)31-6/h7-9,13,30-31H,1,10-12,14-17H2,2-6H3. The number of benzene rings is 1. The van der Waals surface area contributed by atoms with E-state index in [1.54, 1.807) is 0 Å². The molecule has 0 aliphatic carbocycles. The first-order valence-corrected chi connectivity index (χ1v) is 12.8. The maximum absolute atomic E-state index is 12.1. The van der Waals surface area contributed by atoms with E-state index in [1.807, 2.05) is 18.0 Å². The van der Waals surface area contributed by atoms with Gasteiger partial charge >= 0.3 is 0 Å². The average Bonchev–Trinajstić information content (AvgIpc) is 3.28. The molecule has 0 bridgehead atoms. The Balaban J connectivity index is 1.62. The fraction of sp³-hybridized carbons (Fsp3) is 0.483. The first kappa shape index (κ1) is 24.5. The van der Waals surface area contributed by atoms with Crippen LogP contribution >= 0.6 is 0 Å². The zero-order chi connectivity index (χ0) is 25.8. The molecule has 0 radical (unpaired) electrons. The first-order chi connectivity index (χ1) is 17.1. The van der Waals surface area contributed by atoms with E-state index in [0.29, 0.717) is 6.61 Å². The number of amides is 1. The minimum Gasteiger partial charge on any atom is -0.387 e. The van der Waals surface area contributed by atoms with Gasteiger partial charge in [0.1, 0.15) is 5.82 Å². The number of fused-ring (bicyclic) bond motifs is 1. The van der Waals surface area contributed by atoms with E-state index < -0.39 is 0 Å². The van der Waals surface area contributed by atoms with Crippen LogP contribution in [0.2, 0.25) is 0 Å². The van der Waals surface area contributed by atoms with E-state index in [1.165, 1.54) is 17.9 Å². The molecule has 0 atom stereocenters. The minimum absolute atomic E-state index is 0.0211. The third-order valence-electron chi connectivity index (χ3n) is 8.18. The lowest BCUT2D eigenvalue weighted by molar-refractivity contribution is -0.136. The molecule has 1 spiro atoms. The summed E-state index contributed by atoms with van der Waals surface area (Å²) in [7, 11) is 1.92. The van der Waals surface area contributed by atoms with Crippen molar-refractivity contribution in [1.82, 2.24) is 9.88 Å². The van der Waals surface area contributed by atoms with Crippen LogP contribution in [0.5, 0.6) is 0 Å². The lowest BCUT2D eigenvalue weighted by Gasteiger charge is -2.47. The van der Waals surface area contributed by atoms with Crippen molar-refractivity contribution in [2.75, 3.05) is 43.4 Å². The molecule has 1 amide bonds. The second-order valence-electron chi connectivity index (χ2n) is 11.3. The number of hydrogen-bond donors (Lipinski definition) is 2. The highest BCUT2D eigenvalue weighted by atomic mass is 16.5. The van der Waals surface area contributed by atoms with Gasteiger partial charge in [0, 0.05) is 68.0 Å². The molecule has 4 heterocycles. The highest BCUT2D eigenvalue weighted by molar-refractivity contribution is 5.97. The van der Waals surface area contributed by atoms with Crippen LogP contribution in [0.4, 0.5) is 11.5 Å². The maximum Gasteiger partial charge on any atom is 0.245 e. The van der Waals surface area contributed by atoms with E-state index >= 15 is 0 Å². The zero-order valence-corrected chi connectivity index (χ0v) is 22.1. The van der Waals surface area contributed by atoms with Crippen molar-refractivity contribution in [2.24, 2.45) is 5.41 Å². The lowest BCUT2D eigenvalue weighted by Crippen LogP contribution is -2.59. The quantitative estimate of drug-likeness (QED) is 0.480. The van der Waals surface area contributed by atoms with Crippen molar-refractivity contribution in [3.63, 3.8) is 0 Å². The molecule has 0 saturated carbocycles. The number of likely N-dealkylation sites (tertiary alicyclic amines) is 1. The molecule has 2 saturated heterocycles. The summed E-state index contributed by atoms with van der Waals surface area (Å²) in [5, 5.41) is 11.4. The van der Waals surface area contributed by atoms with Gasteiger partial charge in [-0.2, -0.15) is 0 Å². The molecule has 1 aromatic carbocycles. The van der Waals surface area contributed by atoms with Crippen LogP contribution in [0, 0.1) is 24.7 Å². The summed E-state index contributed by atoms with van der Waals surface area (Å²) >= 11 is 0. The topological polar surface area (TPSA) is 81.6 Å². The third kappa shape index (κ3) is 3.90. The van der Waals surface area contributed by atoms with Gasteiger partial charge in [0.2, 0.25) is 5.91 Å². The number of carbonyl (C=O) groups is 1. The summed E-state index contributed by atoms with van der Waals surface area (Å²) in [6, 6.07) is 4.10. The summed E-state index contributed by atoms with van der Waals surface area (Å²) in [4.78, 5) is 21.7. The fourth-order valence-corrected chi connectivity index (χ4v) is 6.29. The number of aryl methyl sites for hydroxylation is 1. The molecular formula is C29H37N5O2. The van der Waals surface area contributed by atoms with Crippen LogP contribution in [0.1, 0.15) is 48.2 Å². The summed E-state index contributed by atoms with van der Waals surface area (Å²) in [6.45, 7) is 16.1. The Labute approximate surface area is 214 Å². The normalized spacial score (nSPS) is 19.6. The van der Waals surface area contributed by atoms with E-state index in [0.717, 1.165) is 84.0 Å². The van der Waals surface area contributed by atoms with Crippen molar-refractivity contribution in [3.05, 3.63) is 52.7 Å². The van der Waals surface area contributed by atoms with Crippen LogP contribution in [-0.4, -0.2) is 60.8 Å². The van der Waals surface area contributed by atoms with Gasteiger partial charge < -0.3 is 25.3 Å². The molecule has 2 fully saturated rings. The number of pyridine rings is 1. The Hall–Kier alpha value is -3.19. The maximum atomic E-state index is 12.1. The Morgan fingerprint density at radius 3 is 2.64 bits per heavy atom. The Kier molecular flexibility index (Phi) is 5.94. The van der Waals surface area contributed by atoms with Gasteiger partial charge in [-0.25, -0.2) is 4.98 Å². The second-order valence-corrected chi connectivity index (χ2v) is 11.3. The molecular weight excluding hydrogens is 450 g/mol. The van der Waals surface area contributed by atoms with E-state index in [4.69, 9.17) is 15.1 Å². The number of nitrogens with zero attached hydrogens (tertiary/aromatic N) is 3. The minimum atomic E-state index is -0.271. The number of carbonyl (C=O) groups excluding carboxylic acids is 1. The molecule has 5 rings (SSSR count). The molecule has 3 aliphatic rings. The Morgan fingerprint density at radius 1 is 1.22 bits per heavy atom. The van der Waals surface area contributed by atoms with Crippen LogP contribution < -0.4 is 10.2 Å². The SMILES string of the molecule is C=CC(=O)N1CC2(CCN(c3nc4c(c(-c5c(C)ccc(C=N)c5NC)c3C)COC(C)(C)C4)C2)C1. The largest absolute Gasteiger partial charge is 0.387 e. The van der Waals surface area contributed by atoms with E-state index in [2.05, 4.69) is 50.6 Å². The number of nitrogens with one attached hydrogen (secondary N) is 2. The molecule has 190 valence electrons. The lowest BCUT2D eigenvalue weighted by atomic mass is 9.79. The highest BCUT2D eigenvalue weighted by Crippen LogP contribution is 2.46. The van der Waals surface area contributed by atoms with Crippen LogP contribution in [0.15, 0.2) is 24.8 Å². The van der Waals surface area contributed by atoms with Gasteiger partial charge in [0.25, 0.3) is 0 Å². The third-order valence-corrected chi connectivity index (χ3v) is 8.18. The molecule has 2 N–H and O–H groups in total. The highest BCUT2D eigenvalue weighted by Gasteiger charge is 2.49. The Bertz CT molecular complexity index is 1260. The number of ether oxygens (including phenoxy) is 1. The van der Waals surface area contributed by atoms with Crippen molar-refractivity contribution >= 4 is 23.6 Å². The molecule has 7 nitrogen and oxygen atoms in total. The fourth-order valence-electron chi connectivity index (χ4n) is 6.29. The molecule has 36 heavy (non-hydrogen) atoms. The zero-order valence-electron chi connectivity index (χ0n) is 22.1. The number of rotatable bonds is 5. The van der Waals surface area contributed by atoms with Gasteiger partial charge in [0.05, 0.1) is 23.6 Å². The first-order valence-electron chi connectivity index (χ1n) is 12.8. The van der Waals surface area contributed by atoms with Gasteiger partial charge in [-0.3, -0.25) is 4.79 Å². The summed E-state index contributed by atoms with van der Waals surface area (Å²) in [5.41, 5.74) is 8.55. The van der Waals surface area contributed by atoms with Gasteiger partial charge in [0.15, 0.2) is 0 Å². The van der Waals surface area contributed by atoms with E-state index in [9.17, 15) is 4.79 Å². The van der Waals surface area contributed by atoms with Crippen molar-refractivity contribution in [2.45, 2.75) is 52.7 Å². The van der Waals surface area contributed by atoms with Crippen molar-refractivity contribution in [1.29, 1.82) is 5.41 Å². The smallest absolute Gasteiger partial charge is 0.245 e. The number of hydrogen-bond acceptors (Lipinski definition) is 6. The predicted molar refractivity (Wildman–Crippen MR) is 145 cm³/mol. The van der Waals surface area contributed by atoms with Gasteiger partial charge in [-0.05, 0) is 56.9 Å². The Morgan fingerprint density at radius 2 is 1.97 bits per heavy atom.